The Kier molecular flexibility index (Phi) is 3.96. The van der Waals surface area contributed by atoms with Crippen molar-refractivity contribution in [3.05, 3.63) is 35.4 Å². The second kappa shape index (κ2) is 5.35. The molecule has 1 saturated carbocycles. The number of hydrogen-bond donors (Lipinski definition) is 1. The van der Waals surface area contributed by atoms with Gasteiger partial charge in [0.05, 0.1) is 17.7 Å². The van der Waals surface area contributed by atoms with Crippen LogP contribution in [-0.4, -0.2) is 5.11 Å². The summed E-state index contributed by atoms with van der Waals surface area (Å²) in [5, 5.41) is 19.7. The highest BCUT2D eigenvalue weighted by molar-refractivity contribution is 5.34. The maximum atomic E-state index is 10.8. The van der Waals surface area contributed by atoms with Crippen LogP contribution in [0.25, 0.3) is 0 Å². The first-order valence-electron chi connectivity index (χ1n) is 7.14. The predicted molar refractivity (Wildman–Crippen MR) is 76.4 cm³/mol. The number of aliphatic hydroxyl groups is 1. The predicted octanol–water partition coefficient (Wildman–Crippen LogP) is 4.05. The van der Waals surface area contributed by atoms with E-state index in [1.807, 2.05) is 18.2 Å². The van der Waals surface area contributed by atoms with Gasteiger partial charge in [-0.1, -0.05) is 45.7 Å². The Morgan fingerprint density at radius 1 is 1.42 bits per heavy atom. The zero-order valence-electron chi connectivity index (χ0n) is 12.1. The van der Waals surface area contributed by atoms with Gasteiger partial charge in [-0.15, -0.1) is 0 Å². The van der Waals surface area contributed by atoms with Crippen molar-refractivity contribution in [3.63, 3.8) is 0 Å². The van der Waals surface area contributed by atoms with Crippen molar-refractivity contribution in [1.82, 2.24) is 0 Å². The van der Waals surface area contributed by atoms with E-state index in [0.29, 0.717) is 11.5 Å². The number of hydrogen-bond acceptors (Lipinski definition) is 2. The van der Waals surface area contributed by atoms with E-state index in [-0.39, 0.29) is 11.3 Å². The highest BCUT2D eigenvalue weighted by Crippen LogP contribution is 2.49. The minimum atomic E-state index is -0.474. The van der Waals surface area contributed by atoms with Crippen LogP contribution in [0.2, 0.25) is 0 Å². The molecule has 0 bridgehead atoms. The fourth-order valence-electron chi connectivity index (χ4n) is 3.73. The molecule has 102 valence electrons. The Morgan fingerprint density at radius 3 is 2.79 bits per heavy atom. The summed E-state index contributed by atoms with van der Waals surface area (Å²) in [7, 11) is 0. The summed E-state index contributed by atoms with van der Waals surface area (Å²) in [5.41, 5.74) is 1.66. The van der Waals surface area contributed by atoms with Crippen LogP contribution < -0.4 is 0 Å². The monoisotopic (exact) mass is 257 g/mol. The largest absolute Gasteiger partial charge is 0.388 e. The third-order valence-electron chi connectivity index (χ3n) is 4.69. The van der Waals surface area contributed by atoms with Crippen LogP contribution in [0.15, 0.2) is 24.3 Å². The van der Waals surface area contributed by atoms with Gasteiger partial charge in [-0.05, 0) is 41.4 Å². The normalized spacial score (nSPS) is 27.5. The summed E-state index contributed by atoms with van der Waals surface area (Å²) in [6.45, 7) is 6.75. The third-order valence-corrected chi connectivity index (χ3v) is 4.69. The first-order chi connectivity index (χ1) is 8.95. The zero-order chi connectivity index (χ0) is 14.0. The number of rotatable bonds is 2. The van der Waals surface area contributed by atoms with Crippen LogP contribution in [0, 0.1) is 28.6 Å². The molecule has 0 radical (unpaired) electrons. The van der Waals surface area contributed by atoms with Gasteiger partial charge >= 0.3 is 0 Å². The fraction of sp³-hybridized carbons (Fsp3) is 0.588. The fourth-order valence-corrected chi connectivity index (χ4v) is 3.73. The van der Waals surface area contributed by atoms with Crippen molar-refractivity contribution in [3.8, 4) is 6.07 Å². The maximum absolute atomic E-state index is 10.8. The minimum Gasteiger partial charge on any atom is -0.388 e. The molecule has 0 spiro atoms. The molecule has 1 fully saturated rings. The van der Waals surface area contributed by atoms with Crippen molar-refractivity contribution in [2.45, 2.75) is 46.1 Å². The molecule has 0 aliphatic heterocycles. The Balaban J connectivity index is 2.31. The number of benzene rings is 1. The molecule has 1 aliphatic carbocycles. The van der Waals surface area contributed by atoms with Gasteiger partial charge in [0.2, 0.25) is 0 Å². The van der Waals surface area contributed by atoms with Gasteiger partial charge in [-0.2, -0.15) is 5.26 Å². The lowest BCUT2D eigenvalue weighted by atomic mass is 9.61. The Bertz CT molecular complexity index is 486. The van der Waals surface area contributed by atoms with Gasteiger partial charge in [0.25, 0.3) is 0 Å². The van der Waals surface area contributed by atoms with Crippen LogP contribution in [0.4, 0.5) is 0 Å². The molecule has 2 nitrogen and oxygen atoms in total. The minimum absolute atomic E-state index is 0.153. The SMILES string of the molecule is CC1CCCC(C)(C)[C@H]1C(O)c1cccc(C#N)c1. The summed E-state index contributed by atoms with van der Waals surface area (Å²) < 4.78 is 0. The van der Waals surface area contributed by atoms with E-state index in [1.54, 1.807) is 6.07 Å². The van der Waals surface area contributed by atoms with Crippen LogP contribution >= 0.6 is 0 Å². The van der Waals surface area contributed by atoms with Crippen LogP contribution in [-0.2, 0) is 0 Å². The van der Waals surface area contributed by atoms with E-state index in [2.05, 4.69) is 26.8 Å². The second-order valence-corrected chi connectivity index (χ2v) is 6.57. The Morgan fingerprint density at radius 2 is 2.16 bits per heavy atom. The van der Waals surface area contributed by atoms with E-state index in [4.69, 9.17) is 5.26 Å². The number of nitriles is 1. The van der Waals surface area contributed by atoms with Gasteiger partial charge < -0.3 is 5.11 Å². The molecule has 2 unspecified atom stereocenters. The van der Waals surface area contributed by atoms with Gasteiger partial charge in [0.1, 0.15) is 0 Å². The van der Waals surface area contributed by atoms with Crippen molar-refractivity contribution >= 4 is 0 Å². The van der Waals surface area contributed by atoms with Crippen molar-refractivity contribution < 1.29 is 5.11 Å². The van der Waals surface area contributed by atoms with Crippen LogP contribution in [0.1, 0.15) is 57.3 Å². The average Bonchev–Trinajstić information content (AvgIpc) is 2.37. The average molecular weight is 257 g/mol. The Hall–Kier alpha value is -1.33. The smallest absolute Gasteiger partial charge is 0.0991 e. The standard InChI is InChI=1S/C17H23NO/c1-12-6-5-9-17(2,3)15(12)16(19)14-8-4-7-13(10-14)11-18/h4,7-8,10,12,15-16,19H,5-6,9H2,1-3H3/t12?,15-,16?/m1/s1. The summed E-state index contributed by atoms with van der Waals surface area (Å²) in [5.74, 6) is 0.777. The highest BCUT2D eigenvalue weighted by Gasteiger charge is 2.41. The summed E-state index contributed by atoms with van der Waals surface area (Å²) in [6, 6.07) is 9.54. The molecule has 2 rings (SSSR count). The van der Waals surface area contributed by atoms with Crippen molar-refractivity contribution in [2.24, 2.45) is 17.3 Å². The maximum Gasteiger partial charge on any atom is 0.0991 e. The summed E-state index contributed by atoms with van der Waals surface area (Å²) in [6.07, 6.45) is 3.12. The van der Waals surface area contributed by atoms with Crippen molar-refractivity contribution in [1.29, 1.82) is 5.26 Å². The molecule has 1 aromatic carbocycles. The van der Waals surface area contributed by atoms with Crippen molar-refractivity contribution in [2.75, 3.05) is 0 Å². The van der Waals surface area contributed by atoms with Gasteiger partial charge in [-0.3, -0.25) is 0 Å². The molecule has 0 heterocycles. The van der Waals surface area contributed by atoms with E-state index in [9.17, 15) is 5.11 Å². The van der Waals surface area contributed by atoms with Gasteiger partial charge in [-0.25, -0.2) is 0 Å². The molecule has 1 aliphatic rings. The molecule has 3 atom stereocenters. The molecular formula is C17H23NO. The summed E-state index contributed by atoms with van der Waals surface area (Å²) >= 11 is 0. The van der Waals surface area contributed by atoms with Gasteiger partial charge in [0, 0.05) is 0 Å². The first kappa shape index (κ1) is 14.1. The molecule has 1 aromatic rings. The lowest BCUT2D eigenvalue weighted by molar-refractivity contribution is -0.0292. The Labute approximate surface area is 116 Å². The number of nitrogens with zero attached hydrogens (tertiary/aromatic N) is 1. The van der Waals surface area contributed by atoms with Gasteiger partial charge in [0.15, 0.2) is 0 Å². The van der Waals surface area contributed by atoms with Crippen LogP contribution in [0.3, 0.4) is 0 Å². The third kappa shape index (κ3) is 2.82. The topological polar surface area (TPSA) is 44.0 Å². The zero-order valence-corrected chi connectivity index (χ0v) is 12.1. The van der Waals surface area contributed by atoms with E-state index < -0.39 is 6.10 Å². The molecule has 19 heavy (non-hydrogen) atoms. The lowest BCUT2D eigenvalue weighted by Crippen LogP contribution is -2.37. The number of aliphatic hydroxyl groups excluding tert-OH is 1. The molecule has 0 saturated heterocycles. The van der Waals surface area contributed by atoms with E-state index >= 15 is 0 Å². The first-order valence-corrected chi connectivity index (χ1v) is 7.14. The van der Waals surface area contributed by atoms with E-state index in [1.165, 1.54) is 12.8 Å². The molecular weight excluding hydrogens is 234 g/mol. The molecule has 1 N–H and O–H groups in total. The molecule has 0 aromatic heterocycles. The quantitative estimate of drug-likeness (QED) is 0.868. The summed E-state index contributed by atoms with van der Waals surface area (Å²) in [4.78, 5) is 0. The van der Waals surface area contributed by atoms with E-state index in [0.717, 1.165) is 12.0 Å². The molecule has 0 amide bonds. The molecule has 2 heteroatoms. The van der Waals surface area contributed by atoms with Crippen LogP contribution in [0.5, 0.6) is 0 Å². The lowest BCUT2D eigenvalue weighted by Gasteiger charge is -2.45. The highest BCUT2D eigenvalue weighted by atomic mass is 16.3. The second-order valence-electron chi connectivity index (χ2n) is 6.57.